The molecule has 0 aliphatic carbocycles. The van der Waals surface area contributed by atoms with Crippen LogP contribution in [-0.4, -0.2) is 24.5 Å². The first-order valence-electron chi connectivity index (χ1n) is 4.72. The molecule has 0 atom stereocenters. The highest BCUT2D eigenvalue weighted by Gasteiger charge is 2.10. The van der Waals surface area contributed by atoms with Gasteiger partial charge in [-0.05, 0) is 25.8 Å². The number of hydrogen-bond acceptors (Lipinski definition) is 1. The molecule has 1 fully saturated rings. The molecule has 0 aromatic carbocycles. The van der Waals surface area contributed by atoms with Crippen molar-refractivity contribution < 1.29 is 0 Å². The highest BCUT2D eigenvalue weighted by Crippen LogP contribution is 2.13. The summed E-state index contributed by atoms with van der Waals surface area (Å²) in [5.74, 6) is 0. The van der Waals surface area contributed by atoms with Gasteiger partial charge in [0.05, 0.1) is 0 Å². The quantitative estimate of drug-likeness (QED) is 0.563. The van der Waals surface area contributed by atoms with Crippen molar-refractivity contribution in [3.05, 3.63) is 12.2 Å². The van der Waals surface area contributed by atoms with Gasteiger partial charge < -0.3 is 4.90 Å². The first-order chi connectivity index (χ1) is 5.33. The zero-order chi connectivity index (χ0) is 8.10. The molecule has 0 unspecified atom stereocenters. The van der Waals surface area contributed by atoms with Gasteiger partial charge in [-0.25, -0.2) is 0 Å². The molecule has 0 saturated carbocycles. The van der Waals surface area contributed by atoms with Crippen LogP contribution in [0.3, 0.4) is 0 Å². The van der Waals surface area contributed by atoms with E-state index in [0.29, 0.717) is 0 Å². The maximum absolute atomic E-state index is 4.00. The van der Waals surface area contributed by atoms with Crippen LogP contribution in [0.2, 0.25) is 0 Å². The number of likely N-dealkylation sites (tertiary alicyclic amines) is 1. The molecule has 0 N–H and O–H groups in total. The van der Waals surface area contributed by atoms with E-state index in [1.807, 2.05) is 0 Å². The Balaban J connectivity index is 2.12. The monoisotopic (exact) mass is 153 g/mol. The van der Waals surface area contributed by atoms with Gasteiger partial charge in [-0.3, -0.25) is 0 Å². The molecule has 0 spiro atoms. The summed E-state index contributed by atoms with van der Waals surface area (Å²) >= 11 is 0. The summed E-state index contributed by atoms with van der Waals surface area (Å²) in [6, 6.07) is 0. The van der Waals surface area contributed by atoms with Crippen LogP contribution in [0.15, 0.2) is 12.2 Å². The van der Waals surface area contributed by atoms with Gasteiger partial charge in [-0.1, -0.05) is 25.5 Å². The van der Waals surface area contributed by atoms with Crippen LogP contribution < -0.4 is 0 Å². The molecule has 1 heteroatoms. The normalized spacial score (nSPS) is 20.6. The van der Waals surface area contributed by atoms with E-state index < -0.39 is 0 Å². The molecule has 1 aliphatic rings. The second kappa shape index (κ2) is 4.55. The molecule has 0 radical (unpaired) electrons. The predicted octanol–water partition coefficient (Wildman–Crippen LogP) is 2.44. The third-order valence-electron chi connectivity index (χ3n) is 2.39. The molecular formula is C10H19N. The van der Waals surface area contributed by atoms with E-state index in [2.05, 4.69) is 18.4 Å². The summed E-state index contributed by atoms with van der Waals surface area (Å²) in [5, 5.41) is 0. The minimum absolute atomic E-state index is 1.23. The van der Waals surface area contributed by atoms with Gasteiger partial charge in [-0.2, -0.15) is 0 Å². The molecule has 1 saturated heterocycles. The van der Waals surface area contributed by atoms with E-state index in [9.17, 15) is 0 Å². The molecule has 0 amide bonds. The molecule has 0 aromatic rings. The van der Waals surface area contributed by atoms with E-state index in [-0.39, 0.29) is 0 Å². The highest BCUT2D eigenvalue weighted by atomic mass is 15.1. The SMILES string of the molecule is C=C1CCN(CCCC)CC1. The minimum Gasteiger partial charge on any atom is -0.303 e. The van der Waals surface area contributed by atoms with Crippen LogP contribution >= 0.6 is 0 Å². The largest absolute Gasteiger partial charge is 0.303 e. The lowest BCUT2D eigenvalue weighted by molar-refractivity contribution is 0.253. The van der Waals surface area contributed by atoms with Gasteiger partial charge in [0.25, 0.3) is 0 Å². The topological polar surface area (TPSA) is 3.24 Å². The number of rotatable bonds is 3. The molecule has 1 rings (SSSR count). The Morgan fingerprint density at radius 2 is 2.00 bits per heavy atom. The average Bonchev–Trinajstić information content (AvgIpc) is 2.04. The van der Waals surface area contributed by atoms with Crippen molar-refractivity contribution in [2.24, 2.45) is 0 Å². The van der Waals surface area contributed by atoms with Crippen LogP contribution in [0.1, 0.15) is 32.6 Å². The Labute approximate surface area is 70.1 Å². The lowest BCUT2D eigenvalue weighted by Crippen LogP contribution is -2.31. The third kappa shape index (κ3) is 3.06. The van der Waals surface area contributed by atoms with Crippen LogP contribution in [0.25, 0.3) is 0 Å². The summed E-state index contributed by atoms with van der Waals surface area (Å²) in [5.41, 5.74) is 1.44. The second-order valence-corrected chi connectivity index (χ2v) is 3.45. The molecular weight excluding hydrogens is 134 g/mol. The molecule has 0 bridgehead atoms. The third-order valence-corrected chi connectivity index (χ3v) is 2.39. The van der Waals surface area contributed by atoms with Crippen LogP contribution in [-0.2, 0) is 0 Å². The minimum atomic E-state index is 1.23. The van der Waals surface area contributed by atoms with E-state index in [0.717, 1.165) is 0 Å². The maximum atomic E-state index is 4.00. The molecule has 1 heterocycles. The van der Waals surface area contributed by atoms with E-state index in [1.54, 1.807) is 0 Å². The van der Waals surface area contributed by atoms with Crippen LogP contribution in [0.4, 0.5) is 0 Å². The first kappa shape index (κ1) is 8.79. The Kier molecular flexibility index (Phi) is 3.64. The summed E-state index contributed by atoms with van der Waals surface area (Å²) in [6.45, 7) is 10.0. The Morgan fingerprint density at radius 3 is 2.55 bits per heavy atom. The highest BCUT2D eigenvalue weighted by molar-refractivity contribution is 4.98. The van der Waals surface area contributed by atoms with Gasteiger partial charge in [0.15, 0.2) is 0 Å². The molecule has 0 aromatic heterocycles. The van der Waals surface area contributed by atoms with Crippen LogP contribution in [0, 0.1) is 0 Å². The van der Waals surface area contributed by atoms with Crippen molar-refractivity contribution in [3.8, 4) is 0 Å². The predicted molar refractivity (Wildman–Crippen MR) is 49.7 cm³/mol. The smallest absolute Gasteiger partial charge is 0.00186 e. The van der Waals surface area contributed by atoms with Crippen molar-refractivity contribution in [2.75, 3.05) is 19.6 Å². The van der Waals surface area contributed by atoms with Crippen molar-refractivity contribution in [2.45, 2.75) is 32.6 Å². The Morgan fingerprint density at radius 1 is 1.36 bits per heavy atom. The van der Waals surface area contributed by atoms with Crippen molar-refractivity contribution in [1.29, 1.82) is 0 Å². The van der Waals surface area contributed by atoms with Crippen molar-refractivity contribution in [3.63, 3.8) is 0 Å². The summed E-state index contributed by atoms with van der Waals surface area (Å²) < 4.78 is 0. The average molecular weight is 153 g/mol. The fourth-order valence-electron chi connectivity index (χ4n) is 1.47. The fourth-order valence-corrected chi connectivity index (χ4v) is 1.47. The molecule has 64 valence electrons. The second-order valence-electron chi connectivity index (χ2n) is 3.45. The van der Waals surface area contributed by atoms with Crippen LogP contribution in [0.5, 0.6) is 0 Å². The summed E-state index contributed by atoms with van der Waals surface area (Å²) in [6.07, 6.45) is 5.12. The summed E-state index contributed by atoms with van der Waals surface area (Å²) in [7, 11) is 0. The van der Waals surface area contributed by atoms with Gasteiger partial charge in [-0.15, -0.1) is 0 Å². The Hall–Kier alpha value is -0.300. The van der Waals surface area contributed by atoms with Crippen molar-refractivity contribution >= 4 is 0 Å². The fraction of sp³-hybridized carbons (Fsp3) is 0.800. The number of nitrogens with zero attached hydrogens (tertiary/aromatic N) is 1. The number of unbranched alkanes of at least 4 members (excludes halogenated alkanes) is 1. The van der Waals surface area contributed by atoms with Gasteiger partial charge >= 0.3 is 0 Å². The molecule has 1 nitrogen and oxygen atoms in total. The number of hydrogen-bond donors (Lipinski definition) is 0. The van der Waals surface area contributed by atoms with E-state index in [4.69, 9.17) is 0 Å². The molecule has 11 heavy (non-hydrogen) atoms. The zero-order valence-electron chi connectivity index (χ0n) is 7.60. The van der Waals surface area contributed by atoms with E-state index >= 15 is 0 Å². The van der Waals surface area contributed by atoms with Crippen molar-refractivity contribution in [1.82, 2.24) is 4.90 Å². The standard InChI is InChI=1S/C10H19N/c1-3-4-7-11-8-5-10(2)6-9-11/h2-9H2,1H3. The lowest BCUT2D eigenvalue weighted by atomic mass is 10.1. The zero-order valence-corrected chi connectivity index (χ0v) is 7.60. The summed E-state index contributed by atoms with van der Waals surface area (Å²) in [4.78, 5) is 2.55. The molecule has 1 aliphatic heterocycles. The van der Waals surface area contributed by atoms with E-state index in [1.165, 1.54) is 50.9 Å². The first-order valence-corrected chi connectivity index (χ1v) is 4.72. The lowest BCUT2D eigenvalue weighted by Gasteiger charge is -2.27. The van der Waals surface area contributed by atoms with Gasteiger partial charge in [0.1, 0.15) is 0 Å². The maximum Gasteiger partial charge on any atom is 0.00186 e. The van der Waals surface area contributed by atoms with Gasteiger partial charge in [0, 0.05) is 13.1 Å². The number of piperidine rings is 1. The Bertz CT molecular complexity index is 119. The van der Waals surface area contributed by atoms with Gasteiger partial charge in [0.2, 0.25) is 0 Å².